The average Bonchev–Trinajstić information content (AvgIpc) is 3.12. The molecular formula is C15H17NO3. The Hall–Kier alpha value is -1.84. The molecule has 1 fully saturated rings. The molecule has 0 radical (unpaired) electrons. The topological polar surface area (TPSA) is 55.4 Å². The number of Topliss-reactive ketones (excluding diaryl/α,β-unsaturated/α-hetero) is 1. The quantitative estimate of drug-likeness (QED) is 0.831. The van der Waals surface area contributed by atoms with Crippen LogP contribution in [0.2, 0.25) is 0 Å². The molecular weight excluding hydrogens is 242 g/mol. The summed E-state index contributed by atoms with van der Waals surface area (Å²) in [5, 5.41) is 2.82. The van der Waals surface area contributed by atoms with Gasteiger partial charge in [0.2, 0.25) is 5.91 Å². The van der Waals surface area contributed by atoms with E-state index in [1.165, 1.54) is 0 Å². The zero-order chi connectivity index (χ0) is 13.6. The average molecular weight is 259 g/mol. The smallest absolute Gasteiger partial charge is 0.228 e. The summed E-state index contributed by atoms with van der Waals surface area (Å²) in [7, 11) is 0. The summed E-state index contributed by atoms with van der Waals surface area (Å²) < 4.78 is 5.83. The Bertz CT molecular complexity index is 559. The molecule has 19 heavy (non-hydrogen) atoms. The number of ether oxygens (including phenoxy) is 1. The molecule has 0 atom stereocenters. The molecule has 1 heterocycles. The second-order valence-corrected chi connectivity index (χ2v) is 5.94. The van der Waals surface area contributed by atoms with Crippen molar-refractivity contribution >= 4 is 17.4 Å². The maximum atomic E-state index is 12.0. The third-order valence-corrected chi connectivity index (χ3v) is 3.46. The van der Waals surface area contributed by atoms with Crippen molar-refractivity contribution in [3.8, 4) is 5.75 Å². The number of hydrogen-bond donors (Lipinski definition) is 1. The maximum absolute atomic E-state index is 12.0. The van der Waals surface area contributed by atoms with Gasteiger partial charge in [0.1, 0.15) is 11.4 Å². The Morgan fingerprint density at radius 2 is 2.11 bits per heavy atom. The molecule has 1 amide bonds. The van der Waals surface area contributed by atoms with Gasteiger partial charge >= 0.3 is 0 Å². The fraction of sp³-hybridized carbons (Fsp3) is 0.467. The van der Waals surface area contributed by atoms with Crippen LogP contribution in [0.4, 0.5) is 5.69 Å². The highest BCUT2D eigenvalue weighted by Crippen LogP contribution is 2.37. The van der Waals surface area contributed by atoms with Crippen LogP contribution in [0.15, 0.2) is 18.2 Å². The van der Waals surface area contributed by atoms with Crippen LogP contribution in [0.1, 0.15) is 43.5 Å². The van der Waals surface area contributed by atoms with Gasteiger partial charge in [0.25, 0.3) is 0 Å². The SMILES string of the molecule is CC1(C)CC(=O)Nc2cc(C(=O)C3CC3)ccc2O1. The van der Waals surface area contributed by atoms with E-state index in [1.807, 2.05) is 13.8 Å². The summed E-state index contributed by atoms with van der Waals surface area (Å²) in [5.74, 6) is 0.889. The summed E-state index contributed by atoms with van der Waals surface area (Å²) in [6.07, 6.45) is 2.26. The van der Waals surface area contributed by atoms with Gasteiger partial charge in [0, 0.05) is 11.5 Å². The molecule has 1 aliphatic heterocycles. The van der Waals surface area contributed by atoms with E-state index in [2.05, 4.69) is 5.32 Å². The molecule has 3 rings (SSSR count). The van der Waals surface area contributed by atoms with Crippen LogP contribution < -0.4 is 10.1 Å². The van der Waals surface area contributed by atoms with Crippen molar-refractivity contribution in [2.24, 2.45) is 5.92 Å². The van der Waals surface area contributed by atoms with Gasteiger partial charge in [-0.05, 0) is 44.9 Å². The third-order valence-electron chi connectivity index (χ3n) is 3.46. The van der Waals surface area contributed by atoms with Gasteiger partial charge in [-0.15, -0.1) is 0 Å². The Morgan fingerprint density at radius 1 is 1.37 bits per heavy atom. The second-order valence-electron chi connectivity index (χ2n) is 5.94. The maximum Gasteiger partial charge on any atom is 0.228 e. The number of fused-ring (bicyclic) bond motifs is 1. The Morgan fingerprint density at radius 3 is 2.79 bits per heavy atom. The van der Waals surface area contributed by atoms with E-state index in [0.29, 0.717) is 23.4 Å². The van der Waals surface area contributed by atoms with Gasteiger partial charge in [-0.25, -0.2) is 0 Å². The zero-order valence-electron chi connectivity index (χ0n) is 11.2. The van der Waals surface area contributed by atoms with E-state index in [4.69, 9.17) is 4.74 Å². The molecule has 0 saturated heterocycles. The molecule has 1 aromatic rings. The number of benzene rings is 1. The van der Waals surface area contributed by atoms with Crippen molar-refractivity contribution in [3.63, 3.8) is 0 Å². The molecule has 1 aliphatic carbocycles. The van der Waals surface area contributed by atoms with E-state index < -0.39 is 5.60 Å². The number of anilines is 1. The lowest BCUT2D eigenvalue weighted by molar-refractivity contribution is -0.118. The monoisotopic (exact) mass is 259 g/mol. The molecule has 4 heteroatoms. The number of nitrogens with one attached hydrogen (secondary N) is 1. The highest BCUT2D eigenvalue weighted by Gasteiger charge is 2.32. The summed E-state index contributed by atoms with van der Waals surface area (Å²) in [4.78, 5) is 23.8. The first-order chi connectivity index (χ1) is 8.94. The van der Waals surface area contributed by atoms with E-state index in [0.717, 1.165) is 12.8 Å². The van der Waals surface area contributed by atoms with Gasteiger partial charge < -0.3 is 10.1 Å². The Kier molecular flexibility index (Phi) is 2.62. The largest absolute Gasteiger partial charge is 0.485 e. The van der Waals surface area contributed by atoms with Crippen LogP contribution in [0, 0.1) is 5.92 Å². The van der Waals surface area contributed by atoms with Crippen molar-refractivity contribution in [1.29, 1.82) is 0 Å². The molecule has 1 saturated carbocycles. The molecule has 1 aromatic carbocycles. The summed E-state index contributed by atoms with van der Waals surface area (Å²) in [5.41, 5.74) is 0.726. The number of rotatable bonds is 2. The first-order valence-electron chi connectivity index (χ1n) is 6.62. The van der Waals surface area contributed by atoms with Crippen LogP contribution in [0.5, 0.6) is 5.75 Å². The molecule has 100 valence electrons. The molecule has 1 N–H and O–H groups in total. The number of ketones is 1. The predicted molar refractivity (Wildman–Crippen MR) is 71.5 cm³/mol. The summed E-state index contributed by atoms with van der Waals surface area (Å²) >= 11 is 0. The molecule has 4 nitrogen and oxygen atoms in total. The number of carbonyl (C=O) groups excluding carboxylic acids is 2. The molecule has 2 aliphatic rings. The Labute approximate surface area is 112 Å². The Balaban J connectivity index is 1.96. The minimum absolute atomic E-state index is 0.0835. The van der Waals surface area contributed by atoms with E-state index in [9.17, 15) is 9.59 Å². The van der Waals surface area contributed by atoms with Gasteiger partial charge in [-0.1, -0.05) is 0 Å². The standard InChI is InChI=1S/C15H17NO3/c1-15(2)8-13(17)16-11-7-10(5-6-12(11)19-15)14(18)9-3-4-9/h5-7,9H,3-4,8H2,1-2H3,(H,16,17). The predicted octanol–water partition coefficient (Wildman–Crippen LogP) is 2.78. The number of hydrogen-bond acceptors (Lipinski definition) is 3. The molecule has 0 bridgehead atoms. The van der Waals surface area contributed by atoms with Crippen molar-refractivity contribution < 1.29 is 14.3 Å². The molecule has 0 spiro atoms. The second kappa shape index (κ2) is 4.08. The fourth-order valence-electron chi connectivity index (χ4n) is 2.37. The highest BCUT2D eigenvalue weighted by molar-refractivity contribution is 6.02. The third kappa shape index (κ3) is 2.48. The fourth-order valence-corrected chi connectivity index (χ4v) is 2.37. The van der Waals surface area contributed by atoms with Crippen molar-refractivity contribution in [2.45, 2.75) is 38.7 Å². The van der Waals surface area contributed by atoms with Gasteiger partial charge in [0.15, 0.2) is 5.78 Å². The number of amides is 1. The van der Waals surface area contributed by atoms with Gasteiger partial charge in [0.05, 0.1) is 12.1 Å². The first kappa shape index (κ1) is 12.2. The van der Waals surface area contributed by atoms with Gasteiger partial charge in [-0.3, -0.25) is 9.59 Å². The van der Waals surface area contributed by atoms with Crippen molar-refractivity contribution in [3.05, 3.63) is 23.8 Å². The van der Waals surface area contributed by atoms with E-state index in [1.54, 1.807) is 18.2 Å². The summed E-state index contributed by atoms with van der Waals surface area (Å²) in [6, 6.07) is 5.29. The first-order valence-corrected chi connectivity index (χ1v) is 6.62. The van der Waals surface area contributed by atoms with Gasteiger partial charge in [-0.2, -0.15) is 0 Å². The van der Waals surface area contributed by atoms with Crippen LogP contribution in [0.3, 0.4) is 0 Å². The lowest BCUT2D eigenvalue weighted by Gasteiger charge is -2.23. The lowest BCUT2D eigenvalue weighted by atomic mass is 10.1. The molecule has 0 aromatic heterocycles. The lowest BCUT2D eigenvalue weighted by Crippen LogP contribution is -2.30. The van der Waals surface area contributed by atoms with Crippen molar-refractivity contribution in [2.75, 3.05) is 5.32 Å². The van der Waals surface area contributed by atoms with E-state index >= 15 is 0 Å². The van der Waals surface area contributed by atoms with E-state index in [-0.39, 0.29) is 17.6 Å². The van der Waals surface area contributed by atoms with Crippen LogP contribution in [-0.4, -0.2) is 17.3 Å². The van der Waals surface area contributed by atoms with Crippen LogP contribution >= 0.6 is 0 Å². The van der Waals surface area contributed by atoms with Crippen LogP contribution in [0.25, 0.3) is 0 Å². The summed E-state index contributed by atoms with van der Waals surface area (Å²) in [6.45, 7) is 3.76. The highest BCUT2D eigenvalue weighted by atomic mass is 16.5. The minimum atomic E-state index is -0.530. The van der Waals surface area contributed by atoms with Crippen molar-refractivity contribution in [1.82, 2.24) is 0 Å². The molecule has 0 unspecified atom stereocenters. The van der Waals surface area contributed by atoms with Crippen LogP contribution in [-0.2, 0) is 4.79 Å². The normalized spacial score (nSPS) is 20.8. The minimum Gasteiger partial charge on any atom is -0.485 e. The number of carbonyl (C=O) groups is 2. The zero-order valence-corrected chi connectivity index (χ0v) is 11.2.